The van der Waals surface area contributed by atoms with Crippen LogP contribution in [0, 0.1) is 0 Å². The molecule has 0 heterocycles. The minimum Gasteiger partial charge on any atom is -0.507 e. The van der Waals surface area contributed by atoms with Crippen molar-refractivity contribution in [2.24, 2.45) is 0 Å². The Bertz CT molecular complexity index is 1770. The van der Waals surface area contributed by atoms with E-state index in [2.05, 4.69) is 105 Å². The van der Waals surface area contributed by atoms with E-state index in [-0.39, 0.29) is 24.4 Å². The Kier molecular flexibility index (Phi) is 7.79. The normalized spacial score (nSPS) is 13.0. The molecule has 0 amide bonds. The van der Waals surface area contributed by atoms with E-state index in [1.54, 1.807) is 0 Å². The third kappa shape index (κ3) is 5.43. The summed E-state index contributed by atoms with van der Waals surface area (Å²) in [7, 11) is 0. The van der Waals surface area contributed by atoms with Gasteiger partial charge in [0.05, 0.1) is 13.2 Å². The number of rotatable bonds is 9. The van der Waals surface area contributed by atoms with Crippen molar-refractivity contribution >= 4 is 6.08 Å². The van der Waals surface area contributed by atoms with Gasteiger partial charge < -0.3 is 15.3 Å². The van der Waals surface area contributed by atoms with Gasteiger partial charge >= 0.3 is 0 Å². The van der Waals surface area contributed by atoms with E-state index in [1.807, 2.05) is 18.2 Å². The van der Waals surface area contributed by atoms with E-state index in [0.29, 0.717) is 11.1 Å². The monoisotopic (exact) mass is 566 g/mol. The topological polar surface area (TPSA) is 60.7 Å². The predicted molar refractivity (Wildman–Crippen MR) is 177 cm³/mol. The summed E-state index contributed by atoms with van der Waals surface area (Å²) in [6, 6.07) is 34.8. The minimum atomic E-state index is -0.244. The Hall–Kier alpha value is -4.44. The molecule has 1 aliphatic rings. The molecule has 3 nitrogen and oxygen atoms in total. The average Bonchev–Trinajstić information content (AvgIpc) is 3.27. The molecule has 43 heavy (non-hydrogen) atoms. The van der Waals surface area contributed by atoms with Crippen LogP contribution in [0.4, 0.5) is 0 Å². The van der Waals surface area contributed by atoms with Crippen LogP contribution >= 0.6 is 0 Å². The smallest absolute Gasteiger partial charge is 0.126 e. The van der Waals surface area contributed by atoms with Crippen molar-refractivity contribution in [3.63, 3.8) is 0 Å². The maximum Gasteiger partial charge on any atom is 0.126 e. The van der Waals surface area contributed by atoms with Crippen LogP contribution < -0.4 is 0 Å². The standard InChI is InChI=1S/C40H38O3/c1-4-26-8-12-29(13-9-26)31-16-18-35-36-19-17-32(23-38(36)40(2,3)37(35)22-31)30-14-10-27(11-15-30)6-5-7-28-20-33(24-41)39(43)34(21-28)25-42/h4,8-23,41-43H,1,5-7,24-25H2,2-3H3. The molecule has 0 aliphatic heterocycles. The summed E-state index contributed by atoms with van der Waals surface area (Å²) >= 11 is 0. The molecular weight excluding hydrogens is 528 g/mol. The van der Waals surface area contributed by atoms with Gasteiger partial charge in [0.25, 0.3) is 0 Å². The zero-order valence-electron chi connectivity index (χ0n) is 24.9. The number of phenols is 1. The van der Waals surface area contributed by atoms with Crippen LogP contribution in [-0.2, 0) is 31.5 Å². The molecule has 5 aromatic carbocycles. The number of benzene rings is 5. The fraction of sp³-hybridized carbons (Fsp3) is 0.200. The molecule has 0 fully saturated rings. The highest BCUT2D eigenvalue weighted by Crippen LogP contribution is 2.50. The summed E-state index contributed by atoms with van der Waals surface area (Å²) in [5, 5.41) is 29.2. The number of aliphatic hydroxyl groups excluding tert-OH is 2. The van der Waals surface area contributed by atoms with E-state index in [9.17, 15) is 15.3 Å². The molecule has 0 aromatic heterocycles. The van der Waals surface area contributed by atoms with Crippen LogP contribution in [0.5, 0.6) is 5.75 Å². The van der Waals surface area contributed by atoms with Gasteiger partial charge in [-0.1, -0.05) is 99.3 Å². The number of aliphatic hydroxyl groups is 2. The second-order valence-corrected chi connectivity index (χ2v) is 12.1. The van der Waals surface area contributed by atoms with Crippen molar-refractivity contribution < 1.29 is 15.3 Å². The van der Waals surface area contributed by atoms with Crippen molar-refractivity contribution in [2.45, 2.75) is 51.7 Å². The third-order valence-electron chi connectivity index (χ3n) is 9.04. The van der Waals surface area contributed by atoms with E-state index < -0.39 is 0 Å². The second-order valence-electron chi connectivity index (χ2n) is 12.1. The van der Waals surface area contributed by atoms with Crippen LogP contribution in [0.3, 0.4) is 0 Å². The largest absolute Gasteiger partial charge is 0.507 e. The summed E-state index contributed by atoms with van der Waals surface area (Å²) in [4.78, 5) is 0. The molecule has 0 saturated heterocycles. The molecule has 6 rings (SSSR count). The second kappa shape index (κ2) is 11.7. The number of fused-ring (bicyclic) bond motifs is 3. The van der Waals surface area contributed by atoms with Crippen LogP contribution in [0.1, 0.15) is 59.2 Å². The molecule has 0 spiro atoms. The molecule has 3 N–H and O–H groups in total. The van der Waals surface area contributed by atoms with Gasteiger partial charge in [0.15, 0.2) is 0 Å². The number of hydrogen-bond acceptors (Lipinski definition) is 3. The Morgan fingerprint density at radius 2 is 1.07 bits per heavy atom. The summed E-state index contributed by atoms with van der Waals surface area (Å²) in [6.07, 6.45) is 4.55. The first-order chi connectivity index (χ1) is 20.8. The summed E-state index contributed by atoms with van der Waals surface area (Å²) in [6.45, 7) is 8.04. The van der Waals surface area contributed by atoms with Gasteiger partial charge in [0.2, 0.25) is 0 Å². The lowest BCUT2D eigenvalue weighted by Gasteiger charge is -2.22. The van der Waals surface area contributed by atoms with Crippen molar-refractivity contribution in [1.29, 1.82) is 0 Å². The molecule has 0 atom stereocenters. The summed E-state index contributed by atoms with van der Waals surface area (Å²) < 4.78 is 0. The molecule has 0 saturated carbocycles. The lowest BCUT2D eigenvalue weighted by molar-refractivity contribution is 0.263. The van der Waals surface area contributed by atoms with Crippen molar-refractivity contribution in [3.05, 3.63) is 143 Å². The molecule has 0 radical (unpaired) electrons. The van der Waals surface area contributed by atoms with Gasteiger partial charge in [0.1, 0.15) is 5.75 Å². The highest BCUT2D eigenvalue weighted by atomic mass is 16.3. The van der Waals surface area contributed by atoms with Gasteiger partial charge in [-0.3, -0.25) is 0 Å². The fourth-order valence-corrected chi connectivity index (χ4v) is 6.49. The van der Waals surface area contributed by atoms with Crippen molar-refractivity contribution in [3.8, 4) is 39.1 Å². The Morgan fingerprint density at radius 1 is 0.605 bits per heavy atom. The van der Waals surface area contributed by atoms with Crippen LogP contribution in [-0.4, -0.2) is 15.3 Å². The van der Waals surface area contributed by atoms with Gasteiger partial charge in [-0.2, -0.15) is 0 Å². The molecular formula is C40H38O3. The van der Waals surface area contributed by atoms with Gasteiger partial charge in [-0.25, -0.2) is 0 Å². The Labute approximate surface area is 254 Å². The van der Waals surface area contributed by atoms with E-state index >= 15 is 0 Å². The third-order valence-corrected chi connectivity index (χ3v) is 9.04. The molecule has 216 valence electrons. The maximum atomic E-state index is 10.1. The Balaban J connectivity index is 1.18. The van der Waals surface area contributed by atoms with E-state index in [1.165, 1.54) is 50.1 Å². The lowest BCUT2D eigenvalue weighted by atomic mass is 9.81. The number of aromatic hydroxyl groups is 1. The first-order valence-corrected chi connectivity index (χ1v) is 15.0. The average molecular weight is 567 g/mol. The van der Waals surface area contributed by atoms with Gasteiger partial charge in [-0.05, 0) is 105 Å². The molecule has 0 bridgehead atoms. The van der Waals surface area contributed by atoms with Gasteiger partial charge in [0, 0.05) is 16.5 Å². The first-order valence-electron chi connectivity index (χ1n) is 15.0. The molecule has 1 aliphatic carbocycles. The van der Waals surface area contributed by atoms with Gasteiger partial charge in [-0.15, -0.1) is 0 Å². The summed E-state index contributed by atoms with van der Waals surface area (Å²) in [5.74, 6) is -0.0114. The number of aryl methyl sites for hydroxylation is 2. The molecule has 3 heteroatoms. The quantitative estimate of drug-likeness (QED) is 0.167. The SMILES string of the molecule is C=Cc1ccc(-c2ccc3c(c2)C(C)(C)c2cc(-c4ccc(CCCc5cc(CO)c(O)c(CO)c5)cc4)ccc2-3)cc1. The minimum absolute atomic E-state index is 0.0114. The number of hydrogen-bond donors (Lipinski definition) is 3. The van der Waals surface area contributed by atoms with Crippen LogP contribution in [0.2, 0.25) is 0 Å². The van der Waals surface area contributed by atoms with Crippen molar-refractivity contribution in [2.75, 3.05) is 0 Å². The molecule has 0 unspecified atom stereocenters. The van der Waals surface area contributed by atoms with Crippen LogP contribution in [0.25, 0.3) is 39.5 Å². The van der Waals surface area contributed by atoms with E-state index in [4.69, 9.17) is 0 Å². The van der Waals surface area contributed by atoms with Crippen molar-refractivity contribution in [1.82, 2.24) is 0 Å². The fourth-order valence-electron chi connectivity index (χ4n) is 6.49. The zero-order valence-corrected chi connectivity index (χ0v) is 24.9. The van der Waals surface area contributed by atoms with Crippen LogP contribution in [0.15, 0.2) is 104 Å². The Morgan fingerprint density at radius 3 is 1.56 bits per heavy atom. The lowest BCUT2D eigenvalue weighted by Crippen LogP contribution is -2.15. The highest BCUT2D eigenvalue weighted by Gasteiger charge is 2.35. The van der Waals surface area contributed by atoms with E-state index in [0.717, 1.165) is 30.4 Å². The predicted octanol–water partition coefficient (Wildman–Crippen LogP) is 8.84. The maximum absolute atomic E-state index is 10.1. The highest BCUT2D eigenvalue weighted by molar-refractivity contribution is 5.85. The zero-order chi connectivity index (χ0) is 30.1. The molecule has 5 aromatic rings. The first kappa shape index (κ1) is 28.7. The summed E-state index contributed by atoms with van der Waals surface area (Å²) in [5.41, 5.74) is 14.5.